The van der Waals surface area contributed by atoms with Crippen LogP contribution in [0.1, 0.15) is 0 Å². The molecule has 1 aromatic heterocycles. The summed E-state index contributed by atoms with van der Waals surface area (Å²) in [5.74, 6) is 0. The van der Waals surface area contributed by atoms with E-state index >= 15 is 0 Å². The van der Waals surface area contributed by atoms with Gasteiger partial charge < -0.3 is 19.5 Å². The summed E-state index contributed by atoms with van der Waals surface area (Å²) in [5.41, 5.74) is 12.6. The van der Waals surface area contributed by atoms with E-state index in [1.807, 2.05) is 18.2 Å². The van der Waals surface area contributed by atoms with E-state index in [9.17, 15) is 10.0 Å². The third-order valence-corrected chi connectivity index (χ3v) is 8.33. The lowest BCUT2D eigenvalue weighted by Gasteiger charge is -2.28. The van der Waals surface area contributed by atoms with Gasteiger partial charge in [-0.25, -0.2) is 0 Å². The normalized spacial score (nSPS) is 11.9. The minimum Gasteiger partial charge on any atom is -0.423 e. The van der Waals surface area contributed by atoms with Crippen LogP contribution in [0.25, 0.3) is 50.1 Å². The quantitative estimate of drug-likeness (QED) is 0.216. The van der Waals surface area contributed by atoms with E-state index in [0.717, 1.165) is 45.0 Å². The second-order valence-corrected chi connectivity index (χ2v) is 10.8. The summed E-state index contributed by atoms with van der Waals surface area (Å²) in [6.45, 7) is 0. The zero-order valence-electron chi connectivity index (χ0n) is 23.3. The molecule has 4 nitrogen and oxygen atoms in total. The molecule has 0 saturated heterocycles. The molecule has 2 heterocycles. The van der Waals surface area contributed by atoms with Gasteiger partial charge in [-0.1, -0.05) is 109 Å². The summed E-state index contributed by atoms with van der Waals surface area (Å²) in [6.07, 6.45) is 0. The second kappa shape index (κ2) is 10.2. The van der Waals surface area contributed by atoms with Crippen LogP contribution in [0.15, 0.2) is 152 Å². The molecule has 0 bridgehead atoms. The van der Waals surface area contributed by atoms with Gasteiger partial charge in [0.1, 0.15) is 0 Å². The van der Waals surface area contributed by atoms with Crippen LogP contribution >= 0.6 is 0 Å². The minimum atomic E-state index is -1.52. The molecule has 0 atom stereocenters. The molecule has 43 heavy (non-hydrogen) atoms. The van der Waals surface area contributed by atoms with Crippen LogP contribution in [-0.2, 0) is 0 Å². The number of para-hydroxylation sites is 4. The van der Waals surface area contributed by atoms with Crippen LogP contribution in [0.4, 0.5) is 17.1 Å². The summed E-state index contributed by atoms with van der Waals surface area (Å²) in [4.78, 5) is 2.35. The van der Waals surface area contributed by atoms with Crippen molar-refractivity contribution in [3.8, 4) is 39.2 Å². The average Bonchev–Trinajstić information content (AvgIpc) is 3.34. The number of aromatic nitrogens is 1. The number of fused-ring (bicyclic) bond motifs is 7. The highest BCUT2D eigenvalue weighted by molar-refractivity contribution is 6.58. The summed E-state index contributed by atoms with van der Waals surface area (Å²) >= 11 is 0. The van der Waals surface area contributed by atoms with E-state index in [-0.39, 0.29) is 0 Å². The minimum absolute atomic E-state index is 0.466. The smallest absolute Gasteiger partial charge is 0.423 e. The molecule has 0 amide bonds. The van der Waals surface area contributed by atoms with Gasteiger partial charge in [0, 0.05) is 33.5 Å². The van der Waals surface area contributed by atoms with E-state index in [1.165, 1.54) is 22.2 Å². The predicted molar refractivity (Wildman–Crippen MR) is 178 cm³/mol. The SMILES string of the molecule is OB(O)c1cccc(-c2cccc(N3c4ccccc4-c4c(n(-c5ccccc5)c5ccccc45)-c4ccccc43)c2)c1. The first-order valence-corrected chi connectivity index (χ1v) is 14.4. The highest BCUT2D eigenvalue weighted by Crippen LogP contribution is 2.54. The molecule has 0 aliphatic carbocycles. The molecule has 8 rings (SSSR count). The standard InChI is InChI=1S/C38H27BN2O2/c42-39(43)28-14-10-12-26(24-28)27-13-11-17-30(25-27)40-34-21-7-4-18-31(34)37-32-19-5-8-22-35(32)41(29-15-2-1-3-16-29)38(37)33-20-6-9-23-36(33)40/h1-25,42-43H. The zero-order chi connectivity index (χ0) is 28.9. The molecule has 5 heteroatoms. The third-order valence-electron chi connectivity index (χ3n) is 8.33. The van der Waals surface area contributed by atoms with Gasteiger partial charge in [-0.2, -0.15) is 0 Å². The monoisotopic (exact) mass is 554 g/mol. The first-order valence-electron chi connectivity index (χ1n) is 14.4. The van der Waals surface area contributed by atoms with Crippen LogP contribution in [-0.4, -0.2) is 21.7 Å². The lowest BCUT2D eigenvalue weighted by atomic mass is 9.79. The maximum atomic E-state index is 9.79. The van der Waals surface area contributed by atoms with Crippen molar-refractivity contribution in [3.63, 3.8) is 0 Å². The molecule has 2 N–H and O–H groups in total. The maximum absolute atomic E-state index is 9.79. The Bertz CT molecular complexity index is 2130. The molecule has 0 spiro atoms. The molecule has 7 aromatic rings. The molecule has 0 saturated carbocycles. The van der Waals surface area contributed by atoms with Crippen molar-refractivity contribution in [3.05, 3.63) is 152 Å². The highest BCUT2D eigenvalue weighted by atomic mass is 16.4. The van der Waals surface area contributed by atoms with Crippen molar-refractivity contribution in [2.24, 2.45) is 0 Å². The van der Waals surface area contributed by atoms with Gasteiger partial charge in [0.05, 0.1) is 22.6 Å². The summed E-state index contributed by atoms with van der Waals surface area (Å²) < 4.78 is 2.39. The molecule has 1 aliphatic rings. The van der Waals surface area contributed by atoms with Crippen LogP contribution < -0.4 is 10.4 Å². The van der Waals surface area contributed by atoms with Crippen molar-refractivity contribution in [1.29, 1.82) is 0 Å². The number of hydrogen-bond donors (Lipinski definition) is 2. The maximum Gasteiger partial charge on any atom is 0.488 e. The Kier molecular flexibility index (Phi) is 6.00. The lowest BCUT2D eigenvalue weighted by Crippen LogP contribution is -2.29. The number of nitrogens with zero attached hydrogens (tertiary/aromatic N) is 2. The zero-order valence-corrected chi connectivity index (χ0v) is 23.3. The van der Waals surface area contributed by atoms with Crippen molar-refractivity contribution >= 4 is 40.5 Å². The summed E-state index contributed by atoms with van der Waals surface area (Å²) in [7, 11) is -1.52. The van der Waals surface area contributed by atoms with E-state index < -0.39 is 7.12 Å². The van der Waals surface area contributed by atoms with Crippen LogP contribution in [0.2, 0.25) is 0 Å². The fourth-order valence-corrected chi connectivity index (χ4v) is 6.47. The number of hydrogen-bond acceptors (Lipinski definition) is 3. The van der Waals surface area contributed by atoms with Gasteiger partial charge in [-0.15, -0.1) is 0 Å². The lowest BCUT2D eigenvalue weighted by molar-refractivity contribution is 0.426. The van der Waals surface area contributed by atoms with Crippen LogP contribution in [0.5, 0.6) is 0 Å². The van der Waals surface area contributed by atoms with Crippen LogP contribution in [0.3, 0.4) is 0 Å². The van der Waals surface area contributed by atoms with Crippen molar-refractivity contribution in [2.45, 2.75) is 0 Å². The molecule has 204 valence electrons. The molecule has 6 aromatic carbocycles. The number of anilines is 3. The molecular formula is C38H27BN2O2. The van der Waals surface area contributed by atoms with Gasteiger partial charge in [0.15, 0.2) is 0 Å². The Morgan fingerprint density at radius 3 is 1.88 bits per heavy atom. The summed E-state index contributed by atoms with van der Waals surface area (Å²) in [5, 5.41) is 20.8. The van der Waals surface area contributed by atoms with Crippen LogP contribution in [0, 0.1) is 0 Å². The van der Waals surface area contributed by atoms with Gasteiger partial charge in [0.25, 0.3) is 0 Å². The molecule has 0 radical (unpaired) electrons. The first kappa shape index (κ1) is 25.4. The van der Waals surface area contributed by atoms with E-state index in [0.29, 0.717) is 5.46 Å². The Hall–Kier alpha value is -5.36. The summed E-state index contributed by atoms with van der Waals surface area (Å²) in [6, 6.07) is 52.4. The van der Waals surface area contributed by atoms with Gasteiger partial charge in [-0.3, -0.25) is 0 Å². The van der Waals surface area contributed by atoms with Crippen molar-refractivity contribution in [2.75, 3.05) is 4.90 Å². The number of benzene rings is 6. The average molecular weight is 554 g/mol. The largest absolute Gasteiger partial charge is 0.488 e. The Morgan fingerprint density at radius 1 is 0.488 bits per heavy atom. The highest BCUT2D eigenvalue weighted by Gasteiger charge is 2.31. The second-order valence-electron chi connectivity index (χ2n) is 10.8. The van der Waals surface area contributed by atoms with Gasteiger partial charge in [-0.05, 0) is 59.1 Å². The van der Waals surface area contributed by atoms with Gasteiger partial charge in [0.2, 0.25) is 0 Å². The fraction of sp³-hybridized carbons (Fsp3) is 0. The molecule has 0 unspecified atom stereocenters. The van der Waals surface area contributed by atoms with Crippen molar-refractivity contribution in [1.82, 2.24) is 4.57 Å². The number of rotatable bonds is 4. The van der Waals surface area contributed by atoms with E-state index in [1.54, 1.807) is 6.07 Å². The van der Waals surface area contributed by atoms with E-state index in [4.69, 9.17) is 0 Å². The molecule has 0 fully saturated rings. The fourth-order valence-electron chi connectivity index (χ4n) is 6.47. The first-order chi connectivity index (χ1) is 21.2. The predicted octanol–water partition coefficient (Wildman–Crippen LogP) is 8.09. The van der Waals surface area contributed by atoms with Gasteiger partial charge >= 0.3 is 7.12 Å². The topological polar surface area (TPSA) is 48.6 Å². The molecular weight excluding hydrogens is 527 g/mol. The Balaban J connectivity index is 1.43. The van der Waals surface area contributed by atoms with Crippen molar-refractivity contribution < 1.29 is 10.0 Å². The Labute approximate surface area is 250 Å². The molecule has 1 aliphatic heterocycles. The third kappa shape index (κ3) is 4.09. The Morgan fingerprint density at radius 2 is 1.09 bits per heavy atom. The van der Waals surface area contributed by atoms with E-state index in [2.05, 4.69) is 137 Å².